The minimum absolute atomic E-state index is 0.0697. The average molecular weight is 349 g/mol. The number of methoxy groups -OCH3 is 1. The van der Waals surface area contributed by atoms with Crippen molar-refractivity contribution in [2.45, 2.75) is 24.2 Å². The molecule has 0 spiro atoms. The van der Waals surface area contributed by atoms with Crippen molar-refractivity contribution in [2.75, 3.05) is 26.0 Å². The molecular weight excluding hydrogens is 330 g/mol. The van der Waals surface area contributed by atoms with Crippen LogP contribution in [0.25, 0.3) is 11.5 Å². The maximum atomic E-state index is 11.8. The van der Waals surface area contributed by atoms with Gasteiger partial charge in [0.2, 0.25) is 11.8 Å². The maximum absolute atomic E-state index is 11.8. The Hall–Kier alpha value is -2.06. The fourth-order valence-electron chi connectivity index (χ4n) is 2.33. The van der Waals surface area contributed by atoms with E-state index in [0.717, 1.165) is 30.8 Å². The van der Waals surface area contributed by atoms with Gasteiger partial charge in [0.05, 0.1) is 19.0 Å². The van der Waals surface area contributed by atoms with E-state index < -0.39 is 0 Å². The molecule has 0 radical (unpaired) electrons. The number of amides is 1. The van der Waals surface area contributed by atoms with E-state index in [9.17, 15) is 4.79 Å². The Kier molecular flexibility index (Phi) is 5.71. The second kappa shape index (κ2) is 8.16. The summed E-state index contributed by atoms with van der Waals surface area (Å²) in [6.07, 6.45) is 2.21. The molecule has 24 heavy (non-hydrogen) atoms. The van der Waals surface area contributed by atoms with E-state index >= 15 is 0 Å². The SMILES string of the molecule is COc1ccc(-c2nnc(SCC(=O)NC[C@@H]3CCCO3)o2)cc1. The highest BCUT2D eigenvalue weighted by atomic mass is 32.2. The molecule has 1 aromatic heterocycles. The molecule has 1 saturated heterocycles. The van der Waals surface area contributed by atoms with Gasteiger partial charge >= 0.3 is 0 Å². The number of rotatable bonds is 7. The Morgan fingerprint density at radius 2 is 2.21 bits per heavy atom. The number of thioether (sulfide) groups is 1. The quantitative estimate of drug-likeness (QED) is 0.766. The van der Waals surface area contributed by atoms with Crippen LogP contribution in [0.2, 0.25) is 0 Å². The number of hydrogen-bond acceptors (Lipinski definition) is 7. The molecule has 0 saturated carbocycles. The van der Waals surface area contributed by atoms with Crippen molar-refractivity contribution >= 4 is 17.7 Å². The number of carbonyl (C=O) groups is 1. The lowest BCUT2D eigenvalue weighted by Crippen LogP contribution is -2.32. The molecule has 1 amide bonds. The van der Waals surface area contributed by atoms with Crippen molar-refractivity contribution in [3.8, 4) is 17.2 Å². The number of hydrogen-bond donors (Lipinski definition) is 1. The Bertz CT molecular complexity index is 668. The fraction of sp³-hybridized carbons (Fsp3) is 0.438. The zero-order chi connectivity index (χ0) is 16.8. The van der Waals surface area contributed by atoms with Crippen LogP contribution in [0, 0.1) is 0 Å². The molecule has 1 atom stereocenters. The molecule has 0 unspecified atom stereocenters. The van der Waals surface area contributed by atoms with Crippen molar-refractivity contribution in [2.24, 2.45) is 0 Å². The first-order valence-electron chi connectivity index (χ1n) is 7.73. The standard InChI is InChI=1S/C16H19N3O4S/c1-21-12-6-4-11(5-7-12)15-18-19-16(23-15)24-10-14(20)17-9-13-3-2-8-22-13/h4-7,13H,2-3,8-10H2,1H3,(H,17,20)/t13-/m0/s1. The summed E-state index contributed by atoms with van der Waals surface area (Å²) in [7, 11) is 1.61. The normalized spacial score (nSPS) is 17.0. The predicted molar refractivity (Wildman–Crippen MR) is 89.0 cm³/mol. The summed E-state index contributed by atoms with van der Waals surface area (Å²) in [4.78, 5) is 11.8. The second-order valence-corrected chi connectivity index (χ2v) is 6.26. The number of nitrogens with one attached hydrogen (secondary N) is 1. The lowest BCUT2D eigenvalue weighted by molar-refractivity contribution is -0.119. The summed E-state index contributed by atoms with van der Waals surface area (Å²) < 4.78 is 16.1. The maximum Gasteiger partial charge on any atom is 0.277 e. The van der Waals surface area contributed by atoms with Crippen LogP contribution in [-0.2, 0) is 9.53 Å². The number of benzene rings is 1. The van der Waals surface area contributed by atoms with E-state index in [1.165, 1.54) is 11.8 Å². The van der Waals surface area contributed by atoms with Gasteiger partial charge in [0.15, 0.2) is 0 Å². The van der Waals surface area contributed by atoms with Crippen molar-refractivity contribution < 1.29 is 18.7 Å². The van der Waals surface area contributed by atoms with Gasteiger partial charge in [0.25, 0.3) is 5.22 Å². The third kappa shape index (κ3) is 4.48. The largest absolute Gasteiger partial charge is 0.497 e. The molecule has 1 aliphatic rings. The van der Waals surface area contributed by atoms with E-state index in [0.29, 0.717) is 17.7 Å². The van der Waals surface area contributed by atoms with Crippen LogP contribution in [0.5, 0.6) is 5.75 Å². The third-order valence-electron chi connectivity index (χ3n) is 3.62. The van der Waals surface area contributed by atoms with Gasteiger partial charge in [-0.2, -0.15) is 0 Å². The lowest BCUT2D eigenvalue weighted by Gasteiger charge is -2.09. The topological polar surface area (TPSA) is 86.5 Å². The van der Waals surface area contributed by atoms with Crippen LogP contribution in [0.4, 0.5) is 0 Å². The molecule has 7 nitrogen and oxygen atoms in total. The monoisotopic (exact) mass is 349 g/mol. The van der Waals surface area contributed by atoms with E-state index in [4.69, 9.17) is 13.9 Å². The Morgan fingerprint density at radius 3 is 2.92 bits per heavy atom. The van der Waals surface area contributed by atoms with E-state index in [1.807, 2.05) is 24.3 Å². The van der Waals surface area contributed by atoms with E-state index in [-0.39, 0.29) is 17.8 Å². The zero-order valence-electron chi connectivity index (χ0n) is 13.4. The molecular formula is C16H19N3O4S. The molecule has 2 heterocycles. The van der Waals surface area contributed by atoms with Gasteiger partial charge in [-0.25, -0.2) is 0 Å². The lowest BCUT2D eigenvalue weighted by atomic mass is 10.2. The summed E-state index contributed by atoms with van der Waals surface area (Å²) in [6, 6.07) is 7.33. The van der Waals surface area contributed by atoms with Gasteiger partial charge in [-0.1, -0.05) is 11.8 Å². The molecule has 1 N–H and O–H groups in total. The van der Waals surface area contributed by atoms with Crippen LogP contribution < -0.4 is 10.1 Å². The van der Waals surface area contributed by atoms with Gasteiger partial charge in [0.1, 0.15) is 5.75 Å². The number of nitrogens with zero attached hydrogens (tertiary/aromatic N) is 2. The van der Waals surface area contributed by atoms with Crippen LogP contribution >= 0.6 is 11.8 Å². The first kappa shape index (κ1) is 16.8. The average Bonchev–Trinajstić information content (AvgIpc) is 3.30. The summed E-state index contributed by atoms with van der Waals surface area (Å²) in [5.74, 6) is 1.34. The number of ether oxygens (including phenoxy) is 2. The van der Waals surface area contributed by atoms with Crippen LogP contribution in [0.1, 0.15) is 12.8 Å². The molecule has 1 aromatic carbocycles. The van der Waals surface area contributed by atoms with Gasteiger partial charge in [-0.05, 0) is 37.1 Å². The second-order valence-electron chi connectivity index (χ2n) is 5.33. The van der Waals surface area contributed by atoms with Gasteiger partial charge in [0, 0.05) is 18.7 Å². The summed E-state index contributed by atoms with van der Waals surface area (Å²) >= 11 is 1.22. The highest BCUT2D eigenvalue weighted by molar-refractivity contribution is 7.99. The predicted octanol–water partition coefficient (Wildman–Crippen LogP) is 2.13. The molecule has 128 valence electrons. The minimum Gasteiger partial charge on any atom is -0.497 e. The first-order valence-corrected chi connectivity index (χ1v) is 8.72. The molecule has 0 aliphatic carbocycles. The van der Waals surface area contributed by atoms with E-state index in [1.54, 1.807) is 7.11 Å². The van der Waals surface area contributed by atoms with Crippen molar-refractivity contribution in [3.05, 3.63) is 24.3 Å². The Morgan fingerprint density at radius 1 is 1.38 bits per heavy atom. The molecule has 1 fully saturated rings. The summed E-state index contributed by atoms with van der Waals surface area (Å²) in [6.45, 7) is 1.34. The first-order chi connectivity index (χ1) is 11.7. The summed E-state index contributed by atoms with van der Waals surface area (Å²) in [5.41, 5.74) is 0.804. The molecule has 1 aliphatic heterocycles. The van der Waals surface area contributed by atoms with Crippen molar-refractivity contribution in [1.29, 1.82) is 0 Å². The highest BCUT2D eigenvalue weighted by Crippen LogP contribution is 2.24. The van der Waals surface area contributed by atoms with Gasteiger partial charge < -0.3 is 19.2 Å². The number of aromatic nitrogens is 2. The van der Waals surface area contributed by atoms with Gasteiger partial charge in [-0.15, -0.1) is 10.2 Å². The van der Waals surface area contributed by atoms with Crippen LogP contribution in [0.3, 0.4) is 0 Å². The summed E-state index contributed by atoms with van der Waals surface area (Å²) in [5, 5.41) is 11.2. The fourth-order valence-corrected chi connectivity index (χ4v) is 2.92. The van der Waals surface area contributed by atoms with Crippen molar-refractivity contribution in [3.63, 3.8) is 0 Å². The van der Waals surface area contributed by atoms with Crippen molar-refractivity contribution in [1.82, 2.24) is 15.5 Å². The molecule has 2 aromatic rings. The number of carbonyl (C=O) groups excluding carboxylic acids is 1. The molecule has 3 rings (SSSR count). The van der Waals surface area contributed by atoms with E-state index in [2.05, 4.69) is 15.5 Å². The molecule has 0 bridgehead atoms. The van der Waals surface area contributed by atoms with Gasteiger partial charge in [-0.3, -0.25) is 4.79 Å². The minimum atomic E-state index is -0.0697. The third-order valence-corrected chi connectivity index (χ3v) is 4.44. The molecule has 8 heteroatoms. The smallest absolute Gasteiger partial charge is 0.277 e. The highest BCUT2D eigenvalue weighted by Gasteiger charge is 2.17. The zero-order valence-corrected chi connectivity index (χ0v) is 14.2. The Labute approximate surface area is 144 Å². The Balaban J connectivity index is 1.47. The van der Waals surface area contributed by atoms with Crippen LogP contribution in [0.15, 0.2) is 33.9 Å². The van der Waals surface area contributed by atoms with Crippen LogP contribution in [-0.4, -0.2) is 48.2 Å².